The molecule has 0 aliphatic carbocycles. The monoisotopic (exact) mass is 445 g/mol. The highest BCUT2D eigenvalue weighted by molar-refractivity contribution is 7.99. The number of hydrogen-bond acceptors (Lipinski definition) is 6. The van der Waals surface area contributed by atoms with E-state index in [9.17, 15) is 14.4 Å². The Labute approximate surface area is 188 Å². The third kappa shape index (κ3) is 4.40. The topological polar surface area (TPSA) is 90.3 Å². The van der Waals surface area contributed by atoms with Crippen LogP contribution in [-0.2, 0) is 4.79 Å². The summed E-state index contributed by atoms with van der Waals surface area (Å²) in [4.78, 5) is 42.6. The van der Waals surface area contributed by atoms with Crippen molar-refractivity contribution in [3.63, 3.8) is 0 Å². The normalized spacial score (nSPS) is 10.7. The number of para-hydroxylation sites is 3. The van der Waals surface area contributed by atoms with Crippen molar-refractivity contribution in [1.82, 2.24) is 14.9 Å². The summed E-state index contributed by atoms with van der Waals surface area (Å²) in [5.74, 6) is -0.571. The Bertz CT molecular complexity index is 1350. The zero-order valence-corrected chi connectivity index (χ0v) is 18.0. The highest BCUT2D eigenvalue weighted by Gasteiger charge is 2.18. The predicted molar refractivity (Wildman–Crippen MR) is 124 cm³/mol. The van der Waals surface area contributed by atoms with E-state index in [-0.39, 0.29) is 11.3 Å². The number of carbonyl (C=O) groups excluding carboxylic acids is 2. The number of nitrogens with one attached hydrogen (secondary N) is 1. The summed E-state index contributed by atoms with van der Waals surface area (Å²) in [5.41, 5.74) is 1.15. The molecule has 0 saturated heterocycles. The molecule has 32 heavy (non-hydrogen) atoms. The molecule has 0 bridgehead atoms. The average Bonchev–Trinajstić information content (AvgIpc) is 2.83. The molecular weight excluding hydrogens is 426 g/mol. The first-order valence-electron chi connectivity index (χ1n) is 9.75. The SMILES string of the molecule is COc1ccccc1-n1c(SCC(=O)NC(=O)c2ccccc2)nc2ccccc2c1=O. The summed E-state index contributed by atoms with van der Waals surface area (Å²) in [6.45, 7) is 0. The van der Waals surface area contributed by atoms with Crippen LogP contribution in [0.1, 0.15) is 10.4 Å². The van der Waals surface area contributed by atoms with Gasteiger partial charge in [-0.2, -0.15) is 0 Å². The average molecular weight is 446 g/mol. The van der Waals surface area contributed by atoms with Crippen LogP contribution in [0, 0.1) is 0 Å². The predicted octanol–water partition coefficient (Wildman–Crippen LogP) is 3.44. The summed E-state index contributed by atoms with van der Waals surface area (Å²) < 4.78 is 6.86. The molecule has 0 radical (unpaired) electrons. The van der Waals surface area contributed by atoms with Crippen molar-refractivity contribution in [1.29, 1.82) is 0 Å². The molecule has 7 nitrogen and oxygen atoms in total. The van der Waals surface area contributed by atoms with E-state index in [4.69, 9.17) is 4.74 Å². The second-order valence-electron chi connectivity index (χ2n) is 6.76. The van der Waals surface area contributed by atoms with Gasteiger partial charge in [-0.25, -0.2) is 4.98 Å². The van der Waals surface area contributed by atoms with Gasteiger partial charge in [0, 0.05) is 5.56 Å². The second kappa shape index (κ2) is 9.49. The van der Waals surface area contributed by atoms with Gasteiger partial charge in [0.05, 0.1) is 29.5 Å². The summed E-state index contributed by atoms with van der Waals surface area (Å²) in [6.07, 6.45) is 0. The molecule has 1 aromatic heterocycles. The zero-order valence-electron chi connectivity index (χ0n) is 17.1. The van der Waals surface area contributed by atoms with Crippen molar-refractivity contribution in [2.45, 2.75) is 5.16 Å². The van der Waals surface area contributed by atoms with Crippen LogP contribution in [0.5, 0.6) is 5.75 Å². The van der Waals surface area contributed by atoms with Crippen LogP contribution in [0.15, 0.2) is 88.8 Å². The number of benzene rings is 3. The maximum atomic E-state index is 13.3. The minimum atomic E-state index is -0.488. The lowest BCUT2D eigenvalue weighted by Crippen LogP contribution is -2.32. The zero-order chi connectivity index (χ0) is 22.5. The van der Waals surface area contributed by atoms with E-state index in [0.717, 1.165) is 11.8 Å². The summed E-state index contributed by atoms with van der Waals surface area (Å²) in [5, 5.41) is 3.13. The summed E-state index contributed by atoms with van der Waals surface area (Å²) in [7, 11) is 1.52. The van der Waals surface area contributed by atoms with Gasteiger partial charge in [0.15, 0.2) is 5.16 Å². The van der Waals surface area contributed by atoms with E-state index in [0.29, 0.717) is 33.1 Å². The molecule has 4 rings (SSSR count). The summed E-state index contributed by atoms with van der Waals surface area (Å²) in [6, 6.07) is 22.6. The minimum Gasteiger partial charge on any atom is -0.495 e. The fourth-order valence-corrected chi connectivity index (χ4v) is 4.00. The largest absolute Gasteiger partial charge is 0.495 e. The van der Waals surface area contributed by atoms with E-state index >= 15 is 0 Å². The quantitative estimate of drug-likeness (QED) is 0.361. The number of methoxy groups -OCH3 is 1. The van der Waals surface area contributed by atoms with Crippen LogP contribution >= 0.6 is 11.8 Å². The highest BCUT2D eigenvalue weighted by atomic mass is 32.2. The second-order valence-corrected chi connectivity index (χ2v) is 7.70. The number of rotatable bonds is 6. The molecular formula is C24H19N3O4S. The van der Waals surface area contributed by atoms with E-state index in [1.807, 2.05) is 0 Å². The Hall–Kier alpha value is -3.91. The number of hydrogen-bond donors (Lipinski definition) is 1. The van der Waals surface area contributed by atoms with Gasteiger partial charge in [-0.05, 0) is 36.4 Å². The van der Waals surface area contributed by atoms with Gasteiger partial charge >= 0.3 is 0 Å². The molecule has 0 fully saturated rings. The number of carbonyl (C=O) groups is 2. The molecule has 0 aliphatic heterocycles. The molecule has 8 heteroatoms. The van der Waals surface area contributed by atoms with Crippen molar-refractivity contribution < 1.29 is 14.3 Å². The van der Waals surface area contributed by atoms with Crippen LogP contribution in [-0.4, -0.2) is 34.2 Å². The molecule has 0 saturated carbocycles. The van der Waals surface area contributed by atoms with Crippen molar-refractivity contribution >= 4 is 34.5 Å². The van der Waals surface area contributed by atoms with Gasteiger partial charge in [0.1, 0.15) is 5.75 Å². The van der Waals surface area contributed by atoms with Gasteiger partial charge in [0.25, 0.3) is 11.5 Å². The van der Waals surface area contributed by atoms with Gasteiger partial charge < -0.3 is 4.74 Å². The first-order valence-corrected chi connectivity index (χ1v) is 10.7. The van der Waals surface area contributed by atoms with Crippen molar-refractivity contribution in [3.05, 3.63) is 94.8 Å². The molecule has 0 unspecified atom stereocenters. The molecule has 0 spiro atoms. The number of fused-ring (bicyclic) bond motifs is 1. The molecule has 160 valence electrons. The van der Waals surface area contributed by atoms with Crippen LogP contribution in [0.25, 0.3) is 16.6 Å². The standard InChI is InChI=1S/C24H19N3O4S/c1-31-20-14-8-7-13-19(20)27-23(30)17-11-5-6-12-18(17)25-24(27)32-15-21(28)26-22(29)16-9-3-2-4-10-16/h2-14H,15H2,1H3,(H,26,28,29). The van der Waals surface area contributed by atoms with Crippen LogP contribution < -0.4 is 15.6 Å². The Morgan fingerprint density at radius 2 is 1.66 bits per heavy atom. The maximum absolute atomic E-state index is 13.3. The van der Waals surface area contributed by atoms with Crippen molar-refractivity contribution in [2.75, 3.05) is 12.9 Å². The third-order valence-electron chi connectivity index (χ3n) is 4.69. The van der Waals surface area contributed by atoms with Gasteiger partial charge in [-0.15, -0.1) is 0 Å². The maximum Gasteiger partial charge on any atom is 0.266 e. The fraction of sp³-hybridized carbons (Fsp3) is 0.0833. The van der Waals surface area contributed by atoms with Crippen molar-refractivity contribution in [2.24, 2.45) is 0 Å². The van der Waals surface area contributed by atoms with E-state index < -0.39 is 11.8 Å². The number of nitrogens with zero attached hydrogens (tertiary/aromatic N) is 2. The lowest BCUT2D eigenvalue weighted by atomic mass is 10.2. The van der Waals surface area contributed by atoms with Gasteiger partial charge in [0.2, 0.25) is 5.91 Å². The molecule has 0 aliphatic rings. The van der Waals surface area contributed by atoms with Crippen LogP contribution in [0.2, 0.25) is 0 Å². The first-order chi connectivity index (χ1) is 15.6. The minimum absolute atomic E-state index is 0.0987. The summed E-state index contributed by atoms with van der Waals surface area (Å²) >= 11 is 1.07. The Morgan fingerprint density at radius 3 is 2.44 bits per heavy atom. The molecule has 1 heterocycles. The number of ether oxygens (including phenoxy) is 1. The molecule has 0 atom stereocenters. The highest BCUT2D eigenvalue weighted by Crippen LogP contribution is 2.27. The van der Waals surface area contributed by atoms with E-state index in [1.165, 1.54) is 11.7 Å². The first kappa shape index (κ1) is 21.3. The smallest absolute Gasteiger partial charge is 0.266 e. The number of amides is 2. The lowest BCUT2D eigenvalue weighted by molar-refractivity contribution is -0.117. The van der Waals surface area contributed by atoms with Crippen LogP contribution in [0.4, 0.5) is 0 Å². The van der Waals surface area contributed by atoms with Crippen LogP contribution in [0.3, 0.4) is 0 Å². The molecule has 1 N–H and O–H groups in total. The molecule has 2 amide bonds. The lowest BCUT2D eigenvalue weighted by Gasteiger charge is -2.15. The number of imide groups is 1. The van der Waals surface area contributed by atoms with E-state index in [1.54, 1.807) is 78.9 Å². The van der Waals surface area contributed by atoms with Gasteiger partial charge in [-0.1, -0.05) is 54.2 Å². The number of thioether (sulfide) groups is 1. The fourth-order valence-electron chi connectivity index (χ4n) is 3.19. The Kier molecular flexibility index (Phi) is 6.32. The number of aromatic nitrogens is 2. The molecule has 4 aromatic rings. The van der Waals surface area contributed by atoms with E-state index in [2.05, 4.69) is 10.3 Å². The molecule has 3 aromatic carbocycles. The van der Waals surface area contributed by atoms with Gasteiger partial charge in [-0.3, -0.25) is 24.3 Å². The third-order valence-corrected chi connectivity index (χ3v) is 5.63. The Morgan fingerprint density at radius 1 is 0.969 bits per heavy atom. The Balaban J connectivity index is 1.66. The van der Waals surface area contributed by atoms with Crippen molar-refractivity contribution in [3.8, 4) is 11.4 Å².